The van der Waals surface area contributed by atoms with E-state index in [1.807, 2.05) is 11.3 Å². The van der Waals surface area contributed by atoms with Crippen LogP contribution in [0.3, 0.4) is 0 Å². The summed E-state index contributed by atoms with van der Waals surface area (Å²) in [6.45, 7) is 0. The summed E-state index contributed by atoms with van der Waals surface area (Å²) in [5, 5.41) is 7.59. The number of rotatable bonds is 11. The van der Waals surface area contributed by atoms with Crippen molar-refractivity contribution in [3.63, 3.8) is 0 Å². The Morgan fingerprint density at radius 3 is 1.14 bits per heavy atom. The number of benzene rings is 13. The summed E-state index contributed by atoms with van der Waals surface area (Å²) in [5.74, 6) is 0. The Morgan fingerprint density at radius 2 is 0.571 bits per heavy atom. The summed E-state index contributed by atoms with van der Waals surface area (Å²) < 4.78 is 2.66. The molecule has 1 aromatic heterocycles. The first-order valence-corrected chi connectivity index (χ1v) is 27.1. The molecule has 14 aromatic rings. The van der Waals surface area contributed by atoms with Crippen LogP contribution in [-0.4, -0.2) is 0 Å². The smallest absolute Gasteiger partial charge is 0.0468 e. The third-order valence-corrected chi connectivity index (χ3v) is 16.3. The van der Waals surface area contributed by atoms with Gasteiger partial charge in [-0.15, -0.1) is 11.3 Å². The summed E-state index contributed by atoms with van der Waals surface area (Å²) in [4.78, 5) is 4.80. The Morgan fingerprint density at radius 1 is 0.195 bits per heavy atom. The molecule has 77 heavy (non-hydrogen) atoms. The molecule has 13 aromatic carbocycles. The van der Waals surface area contributed by atoms with Gasteiger partial charge in [0.1, 0.15) is 0 Å². The van der Waals surface area contributed by atoms with Gasteiger partial charge in [0, 0.05) is 54.3 Å². The average Bonchev–Trinajstić information content (AvgIpc) is 3.97. The summed E-state index contributed by atoms with van der Waals surface area (Å²) in [5.41, 5.74) is 18.3. The lowest BCUT2D eigenvalue weighted by Gasteiger charge is -2.28. The maximum atomic E-state index is 2.40. The molecule has 0 atom stereocenters. The molecule has 0 saturated heterocycles. The van der Waals surface area contributed by atoms with Crippen LogP contribution in [0.2, 0.25) is 0 Å². The van der Waals surface area contributed by atoms with Crippen LogP contribution in [0.5, 0.6) is 0 Å². The molecule has 0 amide bonds. The molecule has 2 nitrogen and oxygen atoms in total. The molecule has 0 bridgehead atoms. The number of fused-ring (bicyclic) bond motifs is 6. The first-order chi connectivity index (χ1) is 38.1. The molecule has 3 heteroatoms. The Bertz CT molecular complexity index is 4450. The van der Waals surface area contributed by atoms with Gasteiger partial charge in [-0.1, -0.05) is 224 Å². The van der Waals surface area contributed by atoms with Crippen molar-refractivity contribution in [2.45, 2.75) is 0 Å². The van der Waals surface area contributed by atoms with Crippen LogP contribution in [0.4, 0.5) is 34.1 Å². The highest BCUT2D eigenvalue weighted by atomic mass is 32.1. The van der Waals surface area contributed by atoms with E-state index < -0.39 is 0 Å². The van der Waals surface area contributed by atoms with Crippen LogP contribution in [0, 0.1) is 0 Å². The maximum absolute atomic E-state index is 2.40. The second-order valence-corrected chi connectivity index (χ2v) is 20.7. The molecule has 0 unspecified atom stereocenters. The number of anilines is 6. The quantitative estimate of drug-likeness (QED) is 0.127. The largest absolute Gasteiger partial charge is 0.310 e. The fraction of sp³-hybridized carbons (Fsp3) is 0. The van der Waals surface area contributed by atoms with E-state index in [-0.39, 0.29) is 0 Å². The average molecular weight is 999 g/mol. The van der Waals surface area contributed by atoms with Gasteiger partial charge in [0.25, 0.3) is 0 Å². The summed E-state index contributed by atoms with van der Waals surface area (Å²) in [6.07, 6.45) is 0. The molecule has 0 spiro atoms. The zero-order valence-electron chi connectivity index (χ0n) is 42.2. The number of thiophene rings is 1. The predicted molar refractivity (Wildman–Crippen MR) is 331 cm³/mol. The minimum Gasteiger partial charge on any atom is -0.310 e. The Labute approximate surface area is 453 Å². The van der Waals surface area contributed by atoms with Crippen LogP contribution in [0.1, 0.15) is 0 Å². The summed E-state index contributed by atoms with van der Waals surface area (Å²) >= 11 is 1.90. The van der Waals surface area contributed by atoms with E-state index in [4.69, 9.17) is 0 Å². The minimum atomic E-state index is 1.07. The highest BCUT2D eigenvalue weighted by Crippen LogP contribution is 2.45. The molecule has 0 aliphatic rings. The fourth-order valence-corrected chi connectivity index (χ4v) is 12.6. The topological polar surface area (TPSA) is 6.48 Å². The van der Waals surface area contributed by atoms with Gasteiger partial charge in [0.15, 0.2) is 0 Å². The molecule has 1 heterocycles. The van der Waals surface area contributed by atoms with E-state index in [1.54, 1.807) is 0 Å². The van der Waals surface area contributed by atoms with Crippen LogP contribution < -0.4 is 9.80 Å². The Kier molecular flexibility index (Phi) is 11.8. The van der Waals surface area contributed by atoms with E-state index >= 15 is 0 Å². The van der Waals surface area contributed by atoms with Crippen molar-refractivity contribution in [3.05, 3.63) is 303 Å². The van der Waals surface area contributed by atoms with Gasteiger partial charge in [-0.3, -0.25) is 0 Å². The van der Waals surface area contributed by atoms with E-state index in [9.17, 15) is 0 Å². The summed E-state index contributed by atoms with van der Waals surface area (Å²) in [7, 11) is 0. The van der Waals surface area contributed by atoms with Gasteiger partial charge in [0.05, 0.1) is 0 Å². The molecule has 0 N–H and O–H groups in total. The van der Waals surface area contributed by atoms with Gasteiger partial charge < -0.3 is 9.80 Å². The van der Waals surface area contributed by atoms with Gasteiger partial charge in [0.2, 0.25) is 0 Å². The van der Waals surface area contributed by atoms with E-state index in [2.05, 4.69) is 313 Å². The minimum absolute atomic E-state index is 1.07. The van der Waals surface area contributed by atoms with Crippen molar-refractivity contribution in [2.75, 3.05) is 9.80 Å². The van der Waals surface area contributed by atoms with Crippen molar-refractivity contribution < 1.29 is 0 Å². The van der Waals surface area contributed by atoms with Gasteiger partial charge >= 0.3 is 0 Å². The van der Waals surface area contributed by atoms with Crippen LogP contribution >= 0.6 is 11.3 Å². The lowest BCUT2D eigenvalue weighted by Crippen LogP contribution is -2.11. The third-order valence-electron chi connectivity index (χ3n) is 15.0. The molecule has 0 aliphatic carbocycles. The van der Waals surface area contributed by atoms with Crippen LogP contribution in [-0.2, 0) is 0 Å². The molecular formula is C74H50N2S. The molecule has 0 aliphatic heterocycles. The first kappa shape index (κ1) is 45.8. The molecule has 0 fully saturated rings. The van der Waals surface area contributed by atoms with E-state index in [0.717, 1.165) is 45.3 Å². The highest BCUT2D eigenvalue weighted by molar-refractivity contribution is 7.27. The van der Waals surface area contributed by atoms with Crippen molar-refractivity contribution >= 4 is 87.2 Å². The standard InChI is InChI=1S/C74H50N2S/c1-4-17-51(18-5-1)56-24-12-28-64(46-56)75(63-41-37-55(38-42-63)70-33-16-34-71-72-44-40-54-23-10-11-32-69(54)74(72)77-73(70)71)65-29-14-26-58(48-65)59-27-15-31-67(49-59)76(66-30-13-25-57(47-66)52-19-6-2-7-20-52)68-43-39-61-45-60(35-36-62(61)50-68)53-21-8-3-9-22-53/h1-50H. The van der Waals surface area contributed by atoms with Gasteiger partial charge in [-0.25, -0.2) is 0 Å². The first-order valence-electron chi connectivity index (χ1n) is 26.3. The lowest BCUT2D eigenvalue weighted by atomic mass is 9.99. The van der Waals surface area contributed by atoms with Crippen LogP contribution in [0.25, 0.3) is 97.4 Å². The van der Waals surface area contributed by atoms with Gasteiger partial charge in [-0.05, 0) is 156 Å². The van der Waals surface area contributed by atoms with Gasteiger partial charge in [-0.2, -0.15) is 0 Å². The normalized spacial score (nSPS) is 11.4. The number of hydrogen-bond acceptors (Lipinski definition) is 3. The van der Waals surface area contributed by atoms with Crippen molar-refractivity contribution in [1.29, 1.82) is 0 Å². The second kappa shape index (κ2) is 19.8. The third kappa shape index (κ3) is 8.79. The molecule has 0 radical (unpaired) electrons. The van der Waals surface area contributed by atoms with Crippen LogP contribution in [0.15, 0.2) is 303 Å². The second-order valence-electron chi connectivity index (χ2n) is 19.7. The molecular weight excluding hydrogens is 949 g/mol. The zero-order chi connectivity index (χ0) is 51.1. The molecule has 362 valence electrons. The number of nitrogens with zero attached hydrogens (tertiary/aromatic N) is 2. The maximum Gasteiger partial charge on any atom is 0.0468 e. The highest BCUT2D eigenvalue weighted by Gasteiger charge is 2.19. The molecule has 0 saturated carbocycles. The summed E-state index contributed by atoms with van der Waals surface area (Å²) in [6, 6.07) is 111. The lowest BCUT2D eigenvalue weighted by molar-refractivity contribution is 1.28. The van der Waals surface area contributed by atoms with Crippen molar-refractivity contribution in [3.8, 4) is 55.6 Å². The monoisotopic (exact) mass is 998 g/mol. The van der Waals surface area contributed by atoms with E-state index in [0.29, 0.717) is 0 Å². The Hall–Kier alpha value is -9.80. The fourth-order valence-electron chi connectivity index (χ4n) is 11.2. The SMILES string of the molecule is c1ccc(-c2cccc(N(c3ccc(-c4cccc5c4sc4c6ccccc6ccc54)cc3)c3cccc(-c4cccc(N(c5cccc(-c6ccccc6)c5)c5ccc6cc(-c7ccccc7)ccc6c5)c4)c3)c2)cc1. The zero-order valence-corrected chi connectivity index (χ0v) is 43.0. The Balaban J connectivity index is 0.865. The molecule has 14 rings (SSSR count). The van der Waals surface area contributed by atoms with Crippen molar-refractivity contribution in [1.82, 2.24) is 0 Å². The predicted octanol–water partition coefficient (Wildman–Crippen LogP) is 21.6. The van der Waals surface area contributed by atoms with Crippen molar-refractivity contribution in [2.24, 2.45) is 0 Å². The van der Waals surface area contributed by atoms with E-state index in [1.165, 1.54) is 86.2 Å². The number of hydrogen-bond donors (Lipinski definition) is 0.